The van der Waals surface area contributed by atoms with Crippen LogP contribution in [0.5, 0.6) is 11.5 Å². The predicted octanol–water partition coefficient (Wildman–Crippen LogP) is 4.22. The quantitative estimate of drug-likeness (QED) is 0.694. The van der Waals surface area contributed by atoms with E-state index < -0.39 is 11.9 Å². The van der Waals surface area contributed by atoms with E-state index in [0.29, 0.717) is 17.2 Å². The van der Waals surface area contributed by atoms with Crippen LogP contribution in [0.15, 0.2) is 66.9 Å². The molecule has 135 valence electrons. The van der Waals surface area contributed by atoms with Crippen LogP contribution >= 0.6 is 11.6 Å². The molecule has 1 radical (unpaired) electrons. The van der Waals surface area contributed by atoms with Gasteiger partial charge in [0.15, 0.2) is 0 Å². The van der Waals surface area contributed by atoms with Gasteiger partial charge in [-0.05, 0) is 23.8 Å². The average Bonchev–Trinajstić information content (AvgIpc) is 2.65. The lowest BCUT2D eigenvalue weighted by atomic mass is 10.1. The molecule has 0 aliphatic rings. The number of ether oxygens (including phenoxy) is 1. The summed E-state index contributed by atoms with van der Waals surface area (Å²) in [6, 6.07) is 16.6. The minimum atomic E-state index is -0.657. The smallest absolute Gasteiger partial charge is 0.325 e. The molecule has 6 nitrogen and oxygen atoms in total. The number of halogens is 1. The Bertz CT molecular complexity index is 934. The molecule has 3 aromatic rings. The van der Waals surface area contributed by atoms with E-state index in [9.17, 15) is 9.59 Å². The van der Waals surface area contributed by atoms with Crippen LogP contribution in [0.3, 0.4) is 0 Å². The van der Waals surface area contributed by atoms with Crippen molar-refractivity contribution in [3.05, 3.63) is 83.6 Å². The number of hydrogen-bond donors (Lipinski definition) is 2. The van der Waals surface area contributed by atoms with Gasteiger partial charge >= 0.3 is 6.03 Å². The highest BCUT2D eigenvalue weighted by Crippen LogP contribution is 2.29. The highest BCUT2D eigenvalue weighted by atomic mass is 35.5. The van der Waals surface area contributed by atoms with E-state index in [1.165, 1.54) is 0 Å². The van der Waals surface area contributed by atoms with Crippen LogP contribution in [0.4, 0.5) is 10.5 Å². The lowest BCUT2D eigenvalue weighted by molar-refractivity contribution is -0.119. The minimum absolute atomic E-state index is 0.109. The molecule has 0 aliphatic carbocycles. The van der Waals surface area contributed by atoms with Crippen molar-refractivity contribution >= 4 is 29.2 Å². The van der Waals surface area contributed by atoms with Crippen LogP contribution in [-0.4, -0.2) is 16.9 Å². The second-order valence-electron chi connectivity index (χ2n) is 5.53. The molecule has 0 unspecified atom stereocenters. The topological polar surface area (TPSA) is 80.3 Å². The third-order valence-corrected chi connectivity index (χ3v) is 3.79. The van der Waals surface area contributed by atoms with Crippen LogP contribution in [0.1, 0.15) is 5.56 Å². The van der Waals surface area contributed by atoms with Gasteiger partial charge in [0.2, 0.25) is 5.91 Å². The number of rotatable bonds is 5. The first-order valence-electron chi connectivity index (χ1n) is 8.04. The fraction of sp³-hybridized carbons (Fsp3) is 0.0500. The van der Waals surface area contributed by atoms with Gasteiger partial charge in [-0.2, -0.15) is 0 Å². The highest BCUT2D eigenvalue weighted by Gasteiger charge is 2.11. The maximum absolute atomic E-state index is 12.0. The van der Waals surface area contributed by atoms with Crippen LogP contribution < -0.4 is 15.4 Å². The fourth-order valence-electron chi connectivity index (χ4n) is 2.27. The summed E-state index contributed by atoms with van der Waals surface area (Å²) in [5.74, 6) is 0.639. The third-order valence-electron chi connectivity index (χ3n) is 3.48. The summed E-state index contributed by atoms with van der Waals surface area (Å²) in [4.78, 5) is 27.7. The SMILES string of the molecule is O=C(Cc1ccccc1)NC(=O)Nc1ccc(Oc2c[c]ncc2)cc1Cl. The van der Waals surface area contributed by atoms with Crippen molar-refractivity contribution in [1.29, 1.82) is 0 Å². The van der Waals surface area contributed by atoms with Crippen LogP contribution in [0.25, 0.3) is 0 Å². The van der Waals surface area contributed by atoms with Crippen molar-refractivity contribution in [1.82, 2.24) is 10.3 Å². The maximum Gasteiger partial charge on any atom is 0.325 e. The molecule has 2 N–H and O–H groups in total. The summed E-state index contributed by atoms with van der Waals surface area (Å²) in [7, 11) is 0. The molecule has 1 aromatic heterocycles. The predicted molar refractivity (Wildman–Crippen MR) is 102 cm³/mol. The van der Waals surface area contributed by atoms with Gasteiger partial charge in [0.1, 0.15) is 11.5 Å². The van der Waals surface area contributed by atoms with Crippen LogP contribution in [0.2, 0.25) is 5.02 Å². The largest absolute Gasteiger partial charge is 0.457 e. The summed E-state index contributed by atoms with van der Waals surface area (Å²) in [6.07, 6.45) is 4.33. The molecule has 3 amide bonds. The number of nitrogens with one attached hydrogen (secondary N) is 2. The fourth-order valence-corrected chi connectivity index (χ4v) is 2.49. The maximum atomic E-state index is 12.0. The lowest BCUT2D eigenvalue weighted by Crippen LogP contribution is -2.35. The number of hydrogen-bond acceptors (Lipinski definition) is 4. The van der Waals surface area contributed by atoms with Crippen molar-refractivity contribution in [2.75, 3.05) is 5.32 Å². The van der Waals surface area contributed by atoms with E-state index in [4.69, 9.17) is 16.3 Å². The first-order valence-corrected chi connectivity index (χ1v) is 8.42. The zero-order chi connectivity index (χ0) is 19.1. The zero-order valence-electron chi connectivity index (χ0n) is 14.1. The van der Waals surface area contributed by atoms with E-state index in [-0.39, 0.29) is 11.4 Å². The number of aromatic nitrogens is 1. The minimum Gasteiger partial charge on any atom is -0.457 e. The van der Waals surface area contributed by atoms with Gasteiger partial charge in [-0.3, -0.25) is 15.1 Å². The molecule has 0 saturated carbocycles. The molecule has 0 saturated heterocycles. The molecule has 0 atom stereocenters. The zero-order valence-corrected chi connectivity index (χ0v) is 14.9. The Hall–Kier alpha value is -3.38. The number of urea groups is 1. The Labute approximate surface area is 161 Å². The number of nitrogens with zero attached hydrogens (tertiary/aromatic N) is 1. The number of benzene rings is 2. The number of carbonyl (C=O) groups excluding carboxylic acids is 2. The Balaban J connectivity index is 1.56. The molecule has 7 heteroatoms. The Morgan fingerprint density at radius 3 is 2.59 bits per heavy atom. The average molecular weight is 381 g/mol. The third kappa shape index (κ3) is 5.55. The molecule has 0 bridgehead atoms. The molecule has 27 heavy (non-hydrogen) atoms. The van der Waals surface area contributed by atoms with Crippen LogP contribution in [0, 0.1) is 6.20 Å². The molecular weight excluding hydrogens is 366 g/mol. The van der Waals surface area contributed by atoms with Crippen molar-refractivity contribution < 1.29 is 14.3 Å². The summed E-state index contributed by atoms with van der Waals surface area (Å²) in [5, 5.41) is 5.09. The Morgan fingerprint density at radius 1 is 1.07 bits per heavy atom. The van der Waals surface area contributed by atoms with Gasteiger partial charge in [-0.15, -0.1) is 0 Å². The normalized spacial score (nSPS) is 10.1. The highest BCUT2D eigenvalue weighted by molar-refractivity contribution is 6.33. The van der Waals surface area contributed by atoms with Crippen molar-refractivity contribution in [3.63, 3.8) is 0 Å². The number of carbonyl (C=O) groups is 2. The summed E-state index contributed by atoms with van der Waals surface area (Å²) in [5.41, 5.74) is 1.17. The van der Waals surface area contributed by atoms with Crippen molar-refractivity contribution in [3.8, 4) is 11.5 Å². The molecule has 2 aromatic carbocycles. The van der Waals surface area contributed by atoms with Gasteiger partial charge in [0.05, 0.1) is 23.3 Å². The van der Waals surface area contributed by atoms with Gasteiger partial charge in [-0.1, -0.05) is 41.9 Å². The molecule has 1 heterocycles. The molecule has 0 spiro atoms. The van der Waals surface area contributed by atoms with E-state index >= 15 is 0 Å². The summed E-state index contributed by atoms with van der Waals surface area (Å²) in [6.45, 7) is 0. The molecular formula is C20H15ClN3O3. The standard InChI is InChI=1S/C20H15ClN3O3/c21-17-13-16(27-15-8-10-22-11-9-15)6-7-18(17)23-20(26)24-19(25)12-14-4-2-1-3-5-14/h1-10,13H,12H2,(H2,23,24,25,26). The van der Waals surface area contributed by atoms with Crippen molar-refractivity contribution in [2.24, 2.45) is 0 Å². The van der Waals surface area contributed by atoms with E-state index in [1.807, 2.05) is 30.3 Å². The van der Waals surface area contributed by atoms with Gasteiger partial charge < -0.3 is 10.1 Å². The second kappa shape index (κ2) is 8.82. The molecule has 0 aliphatic heterocycles. The first-order chi connectivity index (χ1) is 13.1. The van der Waals surface area contributed by atoms with E-state index in [1.54, 1.807) is 36.5 Å². The Morgan fingerprint density at radius 2 is 1.89 bits per heavy atom. The van der Waals surface area contributed by atoms with E-state index in [0.717, 1.165) is 5.56 Å². The summed E-state index contributed by atoms with van der Waals surface area (Å²) < 4.78 is 5.61. The van der Waals surface area contributed by atoms with Crippen LogP contribution in [-0.2, 0) is 11.2 Å². The summed E-state index contributed by atoms with van der Waals surface area (Å²) >= 11 is 6.18. The number of imide groups is 1. The van der Waals surface area contributed by atoms with E-state index in [2.05, 4.69) is 21.8 Å². The van der Waals surface area contributed by atoms with Gasteiger partial charge in [0, 0.05) is 18.3 Å². The van der Waals surface area contributed by atoms with Gasteiger partial charge in [-0.25, -0.2) is 4.79 Å². The Kier molecular flexibility index (Phi) is 6.02. The first kappa shape index (κ1) is 18.4. The molecule has 0 fully saturated rings. The lowest BCUT2D eigenvalue weighted by Gasteiger charge is -2.10. The van der Waals surface area contributed by atoms with Gasteiger partial charge in [0.25, 0.3) is 0 Å². The van der Waals surface area contributed by atoms with Crippen molar-refractivity contribution in [2.45, 2.75) is 6.42 Å². The number of pyridine rings is 1. The number of amides is 3. The molecule has 3 rings (SSSR count). The number of anilines is 1. The monoisotopic (exact) mass is 380 g/mol. The second-order valence-corrected chi connectivity index (χ2v) is 5.94.